The highest BCUT2D eigenvalue weighted by Crippen LogP contribution is 2.28. The molecule has 0 fully saturated rings. The van der Waals surface area contributed by atoms with Gasteiger partial charge in [0.05, 0.1) is 12.7 Å². The van der Waals surface area contributed by atoms with Gasteiger partial charge in [-0.15, -0.1) is 11.3 Å². The first-order valence-electron chi connectivity index (χ1n) is 6.86. The van der Waals surface area contributed by atoms with Crippen LogP contribution in [0.5, 0.6) is 0 Å². The molecule has 1 heterocycles. The molecular weight excluding hydrogens is 336 g/mol. The number of anilines is 1. The van der Waals surface area contributed by atoms with Gasteiger partial charge in [-0.3, -0.25) is 4.79 Å². The number of amides is 1. The summed E-state index contributed by atoms with van der Waals surface area (Å²) in [6.45, 7) is 0. The van der Waals surface area contributed by atoms with Crippen LogP contribution in [-0.2, 0) is 4.74 Å². The average Bonchev–Trinajstić information content (AvgIpc) is 2.97. The van der Waals surface area contributed by atoms with Crippen molar-refractivity contribution >= 4 is 39.0 Å². The molecule has 7 heteroatoms. The molecule has 0 aliphatic rings. The van der Waals surface area contributed by atoms with Crippen LogP contribution in [0.3, 0.4) is 0 Å². The van der Waals surface area contributed by atoms with Crippen LogP contribution in [0, 0.1) is 11.6 Å². The fourth-order valence-corrected chi connectivity index (χ4v) is 3.16. The maximum atomic E-state index is 13.6. The fraction of sp³-hybridized carbons (Fsp3) is 0.0588. The van der Waals surface area contributed by atoms with Gasteiger partial charge >= 0.3 is 5.97 Å². The molecule has 0 saturated carbocycles. The van der Waals surface area contributed by atoms with E-state index in [0.29, 0.717) is 16.6 Å². The van der Waals surface area contributed by atoms with Gasteiger partial charge in [-0.25, -0.2) is 13.6 Å². The lowest BCUT2D eigenvalue weighted by Crippen LogP contribution is -2.13. The van der Waals surface area contributed by atoms with Crippen LogP contribution in [0.4, 0.5) is 14.5 Å². The van der Waals surface area contributed by atoms with Gasteiger partial charge in [0.1, 0.15) is 16.5 Å². The average molecular weight is 347 g/mol. The monoisotopic (exact) mass is 347 g/mol. The predicted molar refractivity (Wildman–Crippen MR) is 87.5 cm³/mol. The molecule has 4 nitrogen and oxygen atoms in total. The molecule has 0 aliphatic heterocycles. The molecule has 1 aromatic heterocycles. The number of thiophene rings is 1. The van der Waals surface area contributed by atoms with E-state index in [2.05, 4.69) is 10.1 Å². The Balaban J connectivity index is 1.87. The highest BCUT2D eigenvalue weighted by atomic mass is 32.1. The third-order valence-corrected chi connectivity index (χ3v) is 4.43. The summed E-state index contributed by atoms with van der Waals surface area (Å²) >= 11 is 1.27. The van der Waals surface area contributed by atoms with Crippen molar-refractivity contribution < 1.29 is 23.1 Å². The molecule has 24 heavy (non-hydrogen) atoms. The Hall–Kier alpha value is -2.80. The SMILES string of the molecule is COC(=O)c1cc2cc(NC(=O)c3ccc(F)cc3F)ccc2s1. The van der Waals surface area contributed by atoms with E-state index in [-0.39, 0.29) is 5.56 Å². The van der Waals surface area contributed by atoms with Crippen molar-refractivity contribution in [2.45, 2.75) is 0 Å². The van der Waals surface area contributed by atoms with Crippen LogP contribution in [0.25, 0.3) is 10.1 Å². The predicted octanol–water partition coefficient (Wildman–Crippen LogP) is 4.22. The van der Waals surface area contributed by atoms with E-state index < -0.39 is 23.5 Å². The van der Waals surface area contributed by atoms with Gasteiger partial charge in [0.15, 0.2) is 0 Å². The molecule has 0 bridgehead atoms. The van der Waals surface area contributed by atoms with E-state index in [4.69, 9.17) is 0 Å². The lowest BCUT2D eigenvalue weighted by Gasteiger charge is -2.06. The zero-order valence-corrected chi connectivity index (χ0v) is 13.2. The van der Waals surface area contributed by atoms with E-state index in [1.807, 2.05) is 0 Å². The zero-order chi connectivity index (χ0) is 17.3. The van der Waals surface area contributed by atoms with Crippen LogP contribution in [-0.4, -0.2) is 19.0 Å². The van der Waals surface area contributed by atoms with Crippen molar-refractivity contribution in [2.75, 3.05) is 12.4 Å². The minimum absolute atomic E-state index is 0.253. The van der Waals surface area contributed by atoms with Crippen LogP contribution >= 0.6 is 11.3 Å². The van der Waals surface area contributed by atoms with Gasteiger partial charge in [-0.1, -0.05) is 0 Å². The molecule has 0 spiro atoms. The minimum atomic E-state index is -0.933. The molecule has 122 valence electrons. The standard InChI is InChI=1S/C17H11F2NO3S/c1-23-17(22)15-7-9-6-11(3-5-14(9)24-15)20-16(21)12-4-2-10(18)8-13(12)19/h2-8H,1H3,(H,20,21). The summed E-state index contributed by atoms with van der Waals surface area (Å²) in [7, 11) is 1.30. The summed E-state index contributed by atoms with van der Waals surface area (Å²) in [6, 6.07) is 9.45. The smallest absolute Gasteiger partial charge is 0.348 e. The highest BCUT2D eigenvalue weighted by molar-refractivity contribution is 7.20. The molecule has 1 amide bonds. The van der Waals surface area contributed by atoms with Crippen LogP contribution in [0.15, 0.2) is 42.5 Å². The number of benzene rings is 2. The Bertz CT molecular complexity index is 952. The number of fused-ring (bicyclic) bond motifs is 1. The van der Waals surface area contributed by atoms with Gasteiger partial charge in [-0.05, 0) is 41.8 Å². The Kier molecular flexibility index (Phi) is 4.26. The topological polar surface area (TPSA) is 55.4 Å². The number of hydrogen-bond acceptors (Lipinski definition) is 4. The van der Waals surface area contributed by atoms with Gasteiger partial charge in [-0.2, -0.15) is 0 Å². The molecule has 0 saturated heterocycles. The summed E-state index contributed by atoms with van der Waals surface area (Å²) in [5.74, 6) is -2.80. The molecule has 0 unspecified atom stereocenters. The number of carbonyl (C=O) groups is 2. The number of methoxy groups -OCH3 is 1. The first kappa shape index (κ1) is 16.1. The number of hydrogen-bond donors (Lipinski definition) is 1. The van der Waals surface area contributed by atoms with Crippen molar-refractivity contribution in [3.8, 4) is 0 Å². The Morgan fingerprint density at radius 3 is 2.58 bits per heavy atom. The van der Waals surface area contributed by atoms with Gasteiger partial charge < -0.3 is 10.1 Å². The lowest BCUT2D eigenvalue weighted by molar-refractivity contribution is 0.0606. The molecule has 2 aromatic carbocycles. The largest absolute Gasteiger partial charge is 0.465 e. The molecule has 3 rings (SSSR count). The minimum Gasteiger partial charge on any atom is -0.465 e. The van der Waals surface area contributed by atoms with Crippen molar-refractivity contribution in [3.05, 3.63) is 64.5 Å². The van der Waals surface area contributed by atoms with Gasteiger partial charge in [0.25, 0.3) is 5.91 Å². The molecule has 0 aliphatic carbocycles. The van der Waals surface area contributed by atoms with Gasteiger partial charge in [0, 0.05) is 16.5 Å². The molecule has 0 radical (unpaired) electrons. The first-order chi connectivity index (χ1) is 11.5. The van der Waals surface area contributed by atoms with Crippen molar-refractivity contribution in [1.29, 1.82) is 0 Å². The quantitative estimate of drug-likeness (QED) is 0.722. The second kappa shape index (κ2) is 6.37. The van der Waals surface area contributed by atoms with Crippen LogP contribution in [0.2, 0.25) is 0 Å². The molecule has 3 aromatic rings. The summed E-state index contributed by atoms with van der Waals surface area (Å²) < 4.78 is 32.1. The normalized spacial score (nSPS) is 10.6. The molecule has 1 N–H and O–H groups in total. The van der Waals surface area contributed by atoms with Gasteiger partial charge in [0.2, 0.25) is 0 Å². The lowest BCUT2D eigenvalue weighted by atomic mass is 10.1. The number of ether oxygens (including phenoxy) is 1. The third kappa shape index (κ3) is 3.11. The fourth-order valence-electron chi connectivity index (χ4n) is 2.19. The first-order valence-corrected chi connectivity index (χ1v) is 7.68. The van der Waals surface area contributed by atoms with Crippen LogP contribution < -0.4 is 5.32 Å². The molecular formula is C17H11F2NO3S. The van der Waals surface area contributed by atoms with E-state index in [0.717, 1.165) is 22.2 Å². The summed E-state index contributed by atoms with van der Waals surface area (Å²) in [5, 5.41) is 3.30. The number of rotatable bonds is 3. The van der Waals surface area contributed by atoms with E-state index >= 15 is 0 Å². The summed E-state index contributed by atoms with van der Waals surface area (Å²) in [5.41, 5.74) is 0.183. The van der Waals surface area contributed by atoms with E-state index in [9.17, 15) is 18.4 Å². The Morgan fingerprint density at radius 1 is 1.08 bits per heavy atom. The zero-order valence-electron chi connectivity index (χ0n) is 12.4. The second-order valence-electron chi connectivity index (χ2n) is 4.93. The number of carbonyl (C=O) groups excluding carboxylic acids is 2. The maximum absolute atomic E-state index is 13.6. The number of nitrogens with one attached hydrogen (secondary N) is 1. The summed E-state index contributed by atoms with van der Waals surface area (Å²) in [6.07, 6.45) is 0. The summed E-state index contributed by atoms with van der Waals surface area (Å²) in [4.78, 5) is 24.1. The molecule has 0 atom stereocenters. The Morgan fingerprint density at radius 2 is 1.88 bits per heavy atom. The van der Waals surface area contributed by atoms with Crippen LogP contribution in [0.1, 0.15) is 20.0 Å². The number of halogens is 2. The van der Waals surface area contributed by atoms with E-state index in [1.165, 1.54) is 18.4 Å². The Labute approximate surface area is 139 Å². The maximum Gasteiger partial charge on any atom is 0.348 e. The highest BCUT2D eigenvalue weighted by Gasteiger charge is 2.14. The van der Waals surface area contributed by atoms with Crippen molar-refractivity contribution in [1.82, 2.24) is 0 Å². The second-order valence-corrected chi connectivity index (χ2v) is 6.02. The van der Waals surface area contributed by atoms with Crippen molar-refractivity contribution in [2.24, 2.45) is 0 Å². The third-order valence-electron chi connectivity index (χ3n) is 3.34. The van der Waals surface area contributed by atoms with E-state index in [1.54, 1.807) is 24.3 Å². The number of esters is 1. The van der Waals surface area contributed by atoms with Crippen molar-refractivity contribution in [3.63, 3.8) is 0 Å².